The third-order valence-corrected chi connectivity index (χ3v) is 3.76. The summed E-state index contributed by atoms with van der Waals surface area (Å²) in [5.41, 5.74) is 0.0435. The molecule has 0 unspecified atom stereocenters. The molecule has 0 spiro atoms. The molecular formula is C14H19N3O6S. The predicted octanol–water partition coefficient (Wildman–Crippen LogP) is 1.70. The van der Waals surface area contributed by atoms with E-state index in [0.29, 0.717) is 22.4 Å². The lowest BCUT2D eigenvalue weighted by atomic mass is 10.2. The number of ether oxygens (including phenoxy) is 2. The first-order valence-electron chi connectivity index (χ1n) is 7.02. The molecule has 0 aliphatic heterocycles. The number of nitrogens with zero attached hydrogens (tertiary/aromatic N) is 1. The average Bonchev–Trinajstić information content (AvgIpc) is 2.84. The van der Waals surface area contributed by atoms with Crippen LogP contribution in [-0.4, -0.2) is 32.4 Å². The summed E-state index contributed by atoms with van der Waals surface area (Å²) >= 11 is 0. The van der Waals surface area contributed by atoms with Crippen LogP contribution in [0, 0.1) is 0 Å². The summed E-state index contributed by atoms with van der Waals surface area (Å²) in [6.07, 6.45) is -1.07. The number of amides is 1. The molecule has 0 saturated heterocycles. The highest BCUT2D eigenvalue weighted by Gasteiger charge is 2.21. The van der Waals surface area contributed by atoms with Crippen LogP contribution in [0.15, 0.2) is 22.7 Å². The highest BCUT2D eigenvalue weighted by Crippen LogP contribution is 2.23. The number of fused-ring (bicyclic) bond motifs is 1. The molecule has 1 aromatic heterocycles. The Morgan fingerprint density at radius 2 is 2.04 bits per heavy atom. The quantitative estimate of drug-likeness (QED) is 0.835. The Balaban J connectivity index is 2.05. The molecule has 132 valence electrons. The smallest absolute Gasteiger partial charge is 0.422 e. The number of aromatic nitrogens is 1. The Kier molecular flexibility index (Phi) is 4.99. The Morgan fingerprint density at radius 1 is 1.33 bits per heavy atom. The van der Waals surface area contributed by atoms with Gasteiger partial charge in [0, 0.05) is 5.39 Å². The largest absolute Gasteiger partial charge is 0.497 e. The minimum Gasteiger partial charge on any atom is -0.497 e. The molecule has 2 N–H and O–H groups in total. The summed E-state index contributed by atoms with van der Waals surface area (Å²) in [7, 11) is -2.59. The zero-order chi connectivity index (χ0) is 18.0. The van der Waals surface area contributed by atoms with Crippen molar-refractivity contribution in [3.8, 4) is 5.75 Å². The van der Waals surface area contributed by atoms with E-state index >= 15 is 0 Å². The molecule has 24 heavy (non-hydrogen) atoms. The maximum atomic E-state index is 11.9. The van der Waals surface area contributed by atoms with E-state index in [2.05, 4.69) is 9.88 Å². The van der Waals surface area contributed by atoms with Crippen molar-refractivity contribution in [1.29, 1.82) is 0 Å². The van der Waals surface area contributed by atoms with E-state index in [1.807, 2.05) is 0 Å². The lowest BCUT2D eigenvalue weighted by Crippen LogP contribution is -2.42. The van der Waals surface area contributed by atoms with Crippen molar-refractivity contribution in [2.24, 2.45) is 0 Å². The molecule has 2 aromatic rings. The second-order valence-corrected chi connectivity index (χ2v) is 7.42. The highest BCUT2D eigenvalue weighted by molar-refractivity contribution is 7.88. The van der Waals surface area contributed by atoms with E-state index < -0.39 is 21.9 Å². The molecule has 0 bridgehead atoms. The topological polar surface area (TPSA) is 120 Å². The zero-order valence-electron chi connectivity index (χ0n) is 13.7. The minimum absolute atomic E-state index is 0.168. The molecule has 0 saturated carbocycles. The first kappa shape index (κ1) is 18.0. The lowest BCUT2D eigenvalue weighted by Gasteiger charge is -2.19. The van der Waals surface area contributed by atoms with Crippen LogP contribution in [-0.2, 0) is 21.5 Å². The predicted molar refractivity (Wildman–Crippen MR) is 85.7 cm³/mol. The van der Waals surface area contributed by atoms with E-state index in [9.17, 15) is 13.2 Å². The van der Waals surface area contributed by atoms with Crippen LogP contribution in [0.2, 0.25) is 0 Å². The highest BCUT2D eigenvalue weighted by atomic mass is 32.2. The van der Waals surface area contributed by atoms with Crippen LogP contribution in [0.3, 0.4) is 0 Å². The summed E-state index contributed by atoms with van der Waals surface area (Å²) in [6.45, 7) is 4.71. The fourth-order valence-corrected chi connectivity index (χ4v) is 2.49. The van der Waals surface area contributed by atoms with Gasteiger partial charge in [0.15, 0.2) is 5.58 Å². The number of nitrogens with one attached hydrogen (secondary N) is 2. The number of methoxy groups -OCH3 is 1. The lowest BCUT2D eigenvalue weighted by molar-refractivity contribution is 0.0569. The number of carbonyl (C=O) groups is 1. The monoisotopic (exact) mass is 357 g/mol. The van der Waals surface area contributed by atoms with Gasteiger partial charge in [-0.05, 0) is 39.0 Å². The van der Waals surface area contributed by atoms with E-state index in [4.69, 9.17) is 14.0 Å². The number of benzene rings is 1. The van der Waals surface area contributed by atoms with Crippen molar-refractivity contribution in [2.75, 3.05) is 7.11 Å². The van der Waals surface area contributed by atoms with Crippen molar-refractivity contribution in [2.45, 2.75) is 32.9 Å². The van der Waals surface area contributed by atoms with Crippen LogP contribution in [0.25, 0.3) is 11.0 Å². The van der Waals surface area contributed by atoms with Crippen molar-refractivity contribution in [3.63, 3.8) is 0 Å². The third kappa shape index (κ3) is 4.83. The normalized spacial score (nSPS) is 12.2. The second-order valence-electron chi connectivity index (χ2n) is 5.92. The second kappa shape index (κ2) is 6.65. The maximum Gasteiger partial charge on any atom is 0.422 e. The van der Waals surface area contributed by atoms with Gasteiger partial charge in [-0.2, -0.15) is 13.1 Å². The molecule has 0 aliphatic carbocycles. The summed E-state index contributed by atoms with van der Waals surface area (Å²) < 4.78 is 42.8. The molecule has 1 amide bonds. The SMILES string of the molecule is COc1ccc2onc(CNS(=O)(=O)NC(=O)OC(C)(C)C)c2c1. The Labute approximate surface area is 139 Å². The summed E-state index contributed by atoms with van der Waals surface area (Å²) in [5.74, 6) is 0.585. The van der Waals surface area contributed by atoms with Gasteiger partial charge >= 0.3 is 16.3 Å². The molecular weight excluding hydrogens is 338 g/mol. The Morgan fingerprint density at radius 3 is 2.67 bits per heavy atom. The van der Waals surface area contributed by atoms with Gasteiger partial charge in [-0.25, -0.2) is 9.52 Å². The van der Waals surface area contributed by atoms with Crippen molar-refractivity contribution in [1.82, 2.24) is 14.6 Å². The van der Waals surface area contributed by atoms with Crippen LogP contribution >= 0.6 is 0 Å². The number of rotatable bonds is 5. The van der Waals surface area contributed by atoms with Crippen LogP contribution in [0.1, 0.15) is 26.5 Å². The number of hydrogen-bond donors (Lipinski definition) is 2. The molecule has 0 aliphatic rings. The standard InChI is InChI=1S/C14H19N3O6S/c1-14(2,3)22-13(18)17-24(19,20)15-8-11-10-7-9(21-4)5-6-12(10)23-16-11/h5-7,15H,8H2,1-4H3,(H,17,18). The van der Waals surface area contributed by atoms with E-state index in [1.54, 1.807) is 43.7 Å². The summed E-state index contributed by atoms with van der Waals surface area (Å²) in [6, 6.07) is 5.04. The fraction of sp³-hybridized carbons (Fsp3) is 0.429. The van der Waals surface area contributed by atoms with Crippen molar-refractivity contribution >= 4 is 27.3 Å². The summed E-state index contributed by atoms with van der Waals surface area (Å²) in [4.78, 5) is 11.5. The molecule has 0 atom stereocenters. The zero-order valence-corrected chi connectivity index (χ0v) is 14.6. The van der Waals surface area contributed by atoms with Crippen LogP contribution in [0.4, 0.5) is 4.79 Å². The van der Waals surface area contributed by atoms with Crippen molar-refractivity contribution < 1.29 is 27.2 Å². The van der Waals surface area contributed by atoms with Gasteiger partial charge in [-0.3, -0.25) is 0 Å². The average molecular weight is 357 g/mol. The van der Waals surface area contributed by atoms with Crippen LogP contribution in [0.5, 0.6) is 5.75 Å². The van der Waals surface area contributed by atoms with Gasteiger partial charge < -0.3 is 14.0 Å². The molecule has 1 heterocycles. The Bertz CT molecular complexity index is 838. The fourth-order valence-electron chi connectivity index (χ4n) is 1.83. The van der Waals surface area contributed by atoms with E-state index in [0.717, 1.165) is 0 Å². The molecule has 1 aromatic carbocycles. The van der Waals surface area contributed by atoms with Gasteiger partial charge in [0.2, 0.25) is 0 Å². The summed E-state index contributed by atoms with van der Waals surface area (Å²) in [5, 5.41) is 4.42. The molecule has 2 rings (SSSR count). The maximum absolute atomic E-state index is 11.9. The van der Waals surface area contributed by atoms with Gasteiger partial charge in [0.25, 0.3) is 0 Å². The number of carbonyl (C=O) groups excluding carboxylic acids is 1. The van der Waals surface area contributed by atoms with Crippen molar-refractivity contribution in [3.05, 3.63) is 23.9 Å². The third-order valence-electron chi connectivity index (χ3n) is 2.80. The minimum atomic E-state index is -4.10. The number of hydrogen-bond acceptors (Lipinski definition) is 7. The van der Waals surface area contributed by atoms with E-state index in [-0.39, 0.29) is 6.54 Å². The first-order chi connectivity index (χ1) is 11.1. The molecule has 10 heteroatoms. The van der Waals surface area contributed by atoms with Crippen LogP contribution < -0.4 is 14.2 Å². The Hall–Kier alpha value is -2.33. The molecule has 0 fully saturated rings. The van der Waals surface area contributed by atoms with Gasteiger partial charge in [0.1, 0.15) is 17.0 Å². The molecule has 9 nitrogen and oxygen atoms in total. The van der Waals surface area contributed by atoms with Gasteiger partial charge in [-0.15, -0.1) is 0 Å². The van der Waals surface area contributed by atoms with E-state index in [1.165, 1.54) is 7.11 Å². The van der Waals surface area contributed by atoms with Gasteiger partial charge in [-0.1, -0.05) is 5.16 Å². The van der Waals surface area contributed by atoms with Gasteiger partial charge in [0.05, 0.1) is 13.7 Å². The first-order valence-corrected chi connectivity index (χ1v) is 8.50. The molecule has 0 radical (unpaired) electrons.